The molecule has 1 aliphatic carbocycles. The Hall–Kier alpha value is -7.53. The Labute approximate surface area is 397 Å². The monoisotopic (exact) mass is 877 g/mol. The summed E-state index contributed by atoms with van der Waals surface area (Å²) in [6.07, 6.45) is 16.6. The molecule has 0 radical (unpaired) electrons. The molecule has 0 atom stereocenters. The van der Waals surface area contributed by atoms with Crippen molar-refractivity contribution in [2.24, 2.45) is 4.99 Å². The minimum absolute atomic E-state index is 0.979. The van der Waals surface area contributed by atoms with E-state index < -0.39 is 0 Å². The summed E-state index contributed by atoms with van der Waals surface area (Å²) in [5.41, 5.74) is 18.9. The highest BCUT2D eigenvalue weighted by molar-refractivity contribution is 7.15. The standard InChI is InChI=1S/C52H40N2S.C4H7N.C4H6.C2H6/c1-35-18-20-37(21-19-35)44-32-45(34-46(33-44)39-26-28-40(29-27-39)48-16-8-9-30-54-48)38-24-22-36(23-25-38)42-13-10-14-43(31-42)50-47-15-6-7-17-49(47)55-52(50)51(53-2)41-11-4-3-5-12-41;1-2-3-4-5;1-3-4-2;1-2/h3-6,8-16,18-34H,7,17H2,1-2H3;2-5H,1H3;3-4H,1-2H2;1-2H3/b;3-2-,5-4?;;. The quantitative estimate of drug-likeness (QED) is 0.108. The predicted octanol–water partition coefficient (Wildman–Crippen LogP) is 17.5. The third-order valence-electron chi connectivity index (χ3n) is 11.0. The molecule has 2 heterocycles. The molecule has 0 saturated carbocycles. The number of fused-ring (bicyclic) bond motifs is 1. The summed E-state index contributed by atoms with van der Waals surface area (Å²) >= 11 is 1.90. The molecule has 0 fully saturated rings. The molecule has 3 nitrogen and oxygen atoms in total. The maximum absolute atomic E-state index is 6.39. The smallest absolute Gasteiger partial charge is 0.0821 e. The summed E-state index contributed by atoms with van der Waals surface area (Å²) in [5.74, 6) is 0. The van der Waals surface area contributed by atoms with Crippen LogP contribution in [0.2, 0.25) is 0 Å². The number of aryl methyl sites for hydroxylation is 2. The summed E-state index contributed by atoms with van der Waals surface area (Å²) < 4.78 is 0. The number of hydrogen-bond acceptors (Lipinski definition) is 4. The number of rotatable bonds is 10. The molecular weight excluding hydrogens is 819 g/mol. The van der Waals surface area contributed by atoms with Gasteiger partial charge >= 0.3 is 0 Å². The van der Waals surface area contributed by atoms with Gasteiger partial charge in [-0.05, 0) is 125 Å². The van der Waals surface area contributed by atoms with Gasteiger partial charge in [-0.15, -0.1) is 11.3 Å². The first kappa shape index (κ1) is 47.9. The molecule has 66 heavy (non-hydrogen) atoms. The topological polar surface area (TPSA) is 49.1 Å². The lowest BCUT2D eigenvalue weighted by molar-refractivity contribution is 1.01. The number of allylic oxidation sites excluding steroid dienone is 5. The van der Waals surface area contributed by atoms with Gasteiger partial charge in [0.25, 0.3) is 0 Å². The van der Waals surface area contributed by atoms with Crippen molar-refractivity contribution >= 4 is 29.3 Å². The zero-order chi connectivity index (χ0) is 46.7. The van der Waals surface area contributed by atoms with Gasteiger partial charge < -0.3 is 5.41 Å². The molecule has 0 bridgehead atoms. The first-order valence-electron chi connectivity index (χ1n) is 22.6. The van der Waals surface area contributed by atoms with Crippen LogP contribution in [0.4, 0.5) is 0 Å². The molecule has 0 unspecified atom stereocenters. The van der Waals surface area contributed by atoms with Gasteiger partial charge in [-0.2, -0.15) is 0 Å². The molecule has 0 spiro atoms. The highest BCUT2D eigenvalue weighted by Gasteiger charge is 2.23. The zero-order valence-electron chi connectivity index (χ0n) is 38.8. The van der Waals surface area contributed by atoms with Crippen LogP contribution in [0, 0.1) is 12.3 Å². The van der Waals surface area contributed by atoms with E-state index in [2.05, 4.69) is 189 Å². The number of pyridine rings is 1. The highest BCUT2D eigenvalue weighted by atomic mass is 32.1. The zero-order valence-corrected chi connectivity index (χ0v) is 39.7. The lowest BCUT2D eigenvalue weighted by Crippen LogP contribution is -2.02. The van der Waals surface area contributed by atoms with Crippen molar-refractivity contribution < 1.29 is 0 Å². The lowest BCUT2D eigenvalue weighted by atomic mass is 9.90. The molecule has 0 amide bonds. The first-order valence-corrected chi connectivity index (χ1v) is 23.4. The van der Waals surface area contributed by atoms with E-state index in [-0.39, 0.29) is 0 Å². The fourth-order valence-corrected chi connectivity index (χ4v) is 9.11. The van der Waals surface area contributed by atoms with E-state index in [1.54, 1.807) is 18.2 Å². The van der Waals surface area contributed by atoms with Crippen LogP contribution >= 0.6 is 11.3 Å². The fraction of sp³-hybridized carbons (Fsp3) is 0.113. The summed E-state index contributed by atoms with van der Waals surface area (Å²) in [7, 11) is 1.91. The van der Waals surface area contributed by atoms with E-state index in [0.29, 0.717) is 0 Å². The number of benzene rings is 6. The third-order valence-corrected chi connectivity index (χ3v) is 12.3. The second-order valence-electron chi connectivity index (χ2n) is 15.3. The third kappa shape index (κ3) is 12.0. The van der Waals surface area contributed by atoms with Crippen molar-refractivity contribution in [3.8, 4) is 66.9 Å². The molecule has 1 aliphatic rings. The Morgan fingerprint density at radius 2 is 1.15 bits per heavy atom. The van der Waals surface area contributed by atoms with Gasteiger partial charge in [0.2, 0.25) is 0 Å². The number of aliphatic imine (C=N–C) groups is 1. The van der Waals surface area contributed by atoms with Crippen LogP contribution in [-0.4, -0.2) is 24.0 Å². The summed E-state index contributed by atoms with van der Waals surface area (Å²) in [4.78, 5) is 12.1. The molecule has 9 rings (SSSR count). The molecule has 0 saturated heterocycles. The van der Waals surface area contributed by atoms with E-state index in [9.17, 15) is 0 Å². The van der Waals surface area contributed by atoms with Gasteiger partial charge in [-0.25, -0.2) is 0 Å². The van der Waals surface area contributed by atoms with Crippen LogP contribution in [0.15, 0.2) is 219 Å². The normalized spacial score (nSPS) is 11.4. The van der Waals surface area contributed by atoms with Crippen molar-refractivity contribution in [2.45, 2.75) is 40.5 Å². The molecule has 2 aromatic heterocycles. The Kier molecular flexibility index (Phi) is 17.8. The Morgan fingerprint density at radius 1 is 0.621 bits per heavy atom. The van der Waals surface area contributed by atoms with E-state index in [0.717, 1.165) is 35.4 Å². The minimum Gasteiger partial charge on any atom is -0.309 e. The second-order valence-corrected chi connectivity index (χ2v) is 16.4. The fourth-order valence-electron chi connectivity index (χ4n) is 7.73. The molecular formula is C62H59N3S. The van der Waals surface area contributed by atoms with Crippen molar-refractivity contribution in [3.63, 3.8) is 0 Å². The van der Waals surface area contributed by atoms with E-state index >= 15 is 0 Å². The Morgan fingerprint density at radius 3 is 1.67 bits per heavy atom. The van der Waals surface area contributed by atoms with Crippen molar-refractivity contribution in [2.75, 3.05) is 7.05 Å². The number of aromatic nitrogens is 1. The molecule has 0 aliphatic heterocycles. The minimum atomic E-state index is 0.979. The maximum atomic E-state index is 6.39. The van der Waals surface area contributed by atoms with Gasteiger partial charge in [-0.1, -0.05) is 190 Å². The molecule has 328 valence electrons. The van der Waals surface area contributed by atoms with Crippen LogP contribution in [0.25, 0.3) is 73.0 Å². The van der Waals surface area contributed by atoms with Gasteiger partial charge in [-0.3, -0.25) is 9.98 Å². The molecule has 4 heteroatoms. The van der Waals surface area contributed by atoms with Gasteiger partial charge in [0.15, 0.2) is 0 Å². The Bertz CT molecular complexity index is 2910. The Balaban J connectivity index is 0.000000594. The molecule has 8 aromatic rings. The van der Waals surface area contributed by atoms with E-state index in [4.69, 9.17) is 10.4 Å². The SMILES string of the molecule is C/C=C\C=N.C=CC=C.CC.CN=C(c1ccccc1)c1sc2c(c1-c1cccc(-c3ccc(-c4cc(-c5ccc(C)cc5)cc(-c5ccc(-c6ccccn6)cc5)c4)cc3)c1)C=CCC2. The van der Waals surface area contributed by atoms with Gasteiger partial charge in [0.05, 0.1) is 16.3 Å². The predicted molar refractivity (Wildman–Crippen MR) is 290 cm³/mol. The number of nitrogens with zero attached hydrogens (tertiary/aromatic N) is 2. The van der Waals surface area contributed by atoms with E-state index in [1.165, 1.54) is 82.7 Å². The van der Waals surface area contributed by atoms with Crippen molar-refractivity contribution in [3.05, 3.63) is 240 Å². The number of nitrogens with one attached hydrogen (secondary N) is 1. The molecule has 1 N–H and O–H groups in total. The summed E-state index contributed by atoms with van der Waals surface area (Å²) in [5, 5.41) is 6.39. The van der Waals surface area contributed by atoms with Crippen LogP contribution in [0.1, 0.15) is 53.6 Å². The van der Waals surface area contributed by atoms with Crippen LogP contribution in [-0.2, 0) is 6.42 Å². The maximum Gasteiger partial charge on any atom is 0.0821 e. The molecule has 6 aromatic carbocycles. The lowest BCUT2D eigenvalue weighted by Gasteiger charge is -2.13. The average molecular weight is 878 g/mol. The van der Waals surface area contributed by atoms with E-state index in [1.807, 2.05) is 63.6 Å². The van der Waals surface area contributed by atoms with Gasteiger partial charge in [0, 0.05) is 41.0 Å². The summed E-state index contributed by atoms with van der Waals surface area (Å²) in [6.45, 7) is 14.7. The van der Waals surface area contributed by atoms with Gasteiger partial charge in [0.1, 0.15) is 0 Å². The second kappa shape index (κ2) is 24.5. The van der Waals surface area contributed by atoms with Crippen LogP contribution < -0.4 is 0 Å². The summed E-state index contributed by atoms with van der Waals surface area (Å²) in [6, 6.07) is 59.2. The van der Waals surface area contributed by atoms with Crippen molar-refractivity contribution in [1.29, 1.82) is 5.41 Å². The number of hydrogen-bond donors (Lipinski definition) is 1. The van der Waals surface area contributed by atoms with Crippen LogP contribution in [0.5, 0.6) is 0 Å². The highest BCUT2D eigenvalue weighted by Crippen LogP contribution is 2.43. The average Bonchev–Trinajstić information content (AvgIpc) is 3.77. The first-order chi connectivity index (χ1) is 32.4. The number of thiophene rings is 1. The van der Waals surface area contributed by atoms with Crippen LogP contribution in [0.3, 0.4) is 0 Å². The van der Waals surface area contributed by atoms with Crippen molar-refractivity contribution in [1.82, 2.24) is 4.98 Å². The largest absolute Gasteiger partial charge is 0.309 e.